The van der Waals surface area contributed by atoms with Crippen LogP contribution in [0.15, 0.2) is 32.8 Å². The van der Waals surface area contributed by atoms with E-state index in [1.165, 1.54) is 11.6 Å². The number of hydrogen-bond donors (Lipinski definition) is 0. The molecule has 26 heavy (non-hydrogen) atoms. The van der Waals surface area contributed by atoms with Crippen LogP contribution in [0.25, 0.3) is 22.4 Å². The van der Waals surface area contributed by atoms with Gasteiger partial charge in [-0.25, -0.2) is 14.8 Å². The zero-order valence-corrected chi connectivity index (χ0v) is 15.7. The molecule has 0 aliphatic carbocycles. The topological polar surface area (TPSA) is 93.6 Å². The largest absolute Gasteiger partial charge is 0.332 e. The molecule has 8 heteroatoms. The Morgan fingerprint density at radius 2 is 1.73 bits per heavy atom. The Bertz CT molecular complexity index is 1170. The Morgan fingerprint density at radius 3 is 2.35 bits per heavy atom. The van der Waals surface area contributed by atoms with Gasteiger partial charge in [-0.3, -0.25) is 13.9 Å². The van der Waals surface area contributed by atoms with Gasteiger partial charge in [-0.15, -0.1) is 0 Å². The van der Waals surface area contributed by atoms with Gasteiger partial charge in [0, 0.05) is 19.7 Å². The molecule has 0 N–H and O–H groups in total. The fraction of sp³-hybridized carbons (Fsp3) is 0.278. The SMILES string of the molecule is Cc1cc(C)cc(-c2nc(SCC#N)c3c(=O)n(C)c(=O)n(C)c3n2)c1. The van der Waals surface area contributed by atoms with Crippen LogP contribution in [0.3, 0.4) is 0 Å². The molecule has 0 radical (unpaired) electrons. The molecule has 0 unspecified atom stereocenters. The highest BCUT2D eigenvalue weighted by Crippen LogP contribution is 2.26. The molecular formula is C18H17N5O2S. The molecule has 3 rings (SSSR count). The minimum atomic E-state index is -0.462. The molecule has 0 fully saturated rings. The van der Waals surface area contributed by atoms with E-state index in [4.69, 9.17) is 5.26 Å². The van der Waals surface area contributed by atoms with E-state index in [0.717, 1.165) is 33.0 Å². The van der Waals surface area contributed by atoms with E-state index in [1.54, 1.807) is 7.05 Å². The number of nitriles is 1. The summed E-state index contributed by atoms with van der Waals surface area (Å²) in [6.07, 6.45) is 0. The molecule has 0 spiro atoms. The number of fused-ring (bicyclic) bond motifs is 1. The van der Waals surface area contributed by atoms with Crippen molar-refractivity contribution in [3.05, 3.63) is 50.2 Å². The Labute approximate surface area is 153 Å². The smallest absolute Gasteiger partial charge is 0.280 e. The van der Waals surface area contributed by atoms with Crippen molar-refractivity contribution in [2.24, 2.45) is 14.1 Å². The summed E-state index contributed by atoms with van der Waals surface area (Å²) in [4.78, 5) is 33.9. The quantitative estimate of drug-likeness (QED) is 0.519. The second-order valence-electron chi connectivity index (χ2n) is 6.08. The summed E-state index contributed by atoms with van der Waals surface area (Å²) in [6, 6.07) is 7.99. The predicted molar refractivity (Wildman–Crippen MR) is 101 cm³/mol. The number of thioether (sulfide) groups is 1. The molecule has 0 amide bonds. The van der Waals surface area contributed by atoms with Gasteiger partial charge in [0.2, 0.25) is 0 Å². The number of nitrogens with zero attached hydrogens (tertiary/aromatic N) is 5. The lowest BCUT2D eigenvalue weighted by molar-refractivity contribution is 0.703. The first-order valence-electron chi connectivity index (χ1n) is 7.89. The molecule has 7 nitrogen and oxygen atoms in total. The molecule has 1 aromatic carbocycles. The van der Waals surface area contributed by atoms with Crippen LogP contribution in [0, 0.1) is 25.2 Å². The predicted octanol–water partition coefficient (Wildman–Crippen LogP) is 1.93. The fourth-order valence-electron chi connectivity index (χ4n) is 2.87. The van der Waals surface area contributed by atoms with Crippen LogP contribution in [-0.4, -0.2) is 24.9 Å². The minimum absolute atomic E-state index is 0.143. The second-order valence-corrected chi connectivity index (χ2v) is 7.04. The number of benzene rings is 1. The van der Waals surface area contributed by atoms with Crippen molar-refractivity contribution in [3.63, 3.8) is 0 Å². The normalized spacial score (nSPS) is 10.9. The standard InChI is InChI=1S/C18H17N5O2S/c1-10-7-11(2)9-12(8-10)14-20-15-13(16(21-14)26-6-5-19)17(24)23(4)18(25)22(15)3/h7-9H,6H2,1-4H3. The van der Waals surface area contributed by atoms with Crippen molar-refractivity contribution in [2.45, 2.75) is 18.9 Å². The summed E-state index contributed by atoms with van der Waals surface area (Å²) in [7, 11) is 2.99. The van der Waals surface area contributed by atoms with Crippen molar-refractivity contribution in [3.8, 4) is 17.5 Å². The van der Waals surface area contributed by atoms with Gasteiger partial charge in [-0.2, -0.15) is 5.26 Å². The summed E-state index contributed by atoms with van der Waals surface area (Å²) in [6.45, 7) is 3.96. The van der Waals surface area contributed by atoms with E-state index in [-0.39, 0.29) is 16.8 Å². The van der Waals surface area contributed by atoms with Crippen molar-refractivity contribution in [1.82, 2.24) is 19.1 Å². The van der Waals surface area contributed by atoms with E-state index in [1.807, 2.05) is 38.1 Å². The molecule has 0 aliphatic rings. The van der Waals surface area contributed by atoms with Crippen LogP contribution in [-0.2, 0) is 14.1 Å². The third-order valence-electron chi connectivity index (χ3n) is 4.02. The highest BCUT2D eigenvalue weighted by atomic mass is 32.2. The van der Waals surface area contributed by atoms with Gasteiger partial charge < -0.3 is 0 Å². The van der Waals surface area contributed by atoms with E-state index < -0.39 is 11.2 Å². The summed E-state index contributed by atoms with van der Waals surface area (Å²) in [5.41, 5.74) is 2.28. The Balaban J connectivity index is 2.42. The molecule has 2 heterocycles. The number of hydrogen-bond acceptors (Lipinski definition) is 6. The summed E-state index contributed by atoms with van der Waals surface area (Å²) < 4.78 is 2.36. The van der Waals surface area contributed by atoms with Gasteiger partial charge in [0.15, 0.2) is 11.5 Å². The highest BCUT2D eigenvalue weighted by molar-refractivity contribution is 7.99. The van der Waals surface area contributed by atoms with Crippen LogP contribution in [0.1, 0.15) is 11.1 Å². The lowest BCUT2D eigenvalue weighted by atomic mass is 10.1. The first-order chi connectivity index (χ1) is 12.3. The summed E-state index contributed by atoms with van der Waals surface area (Å²) >= 11 is 1.16. The first kappa shape index (κ1) is 17.9. The zero-order valence-electron chi connectivity index (χ0n) is 14.9. The van der Waals surface area contributed by atoms with Gasteiger partial charge in [0.25, 0.3) is 5.56 Å². The number of aromatic nitrogens is 4. The minimum Gasteiger partial charge on any atom is -0.280 e. The van der Waals surface area contributed by atoms with E-state index >= 15 is 0 Å². The fourth-order valence-corrected chi connectivity index (χ4v) is 3.54. The average molecular weight is 367 g/mol. The lowest BCUT2D eigenvalue weighted by Crippen LogP contribution is -2.37. The van der Waals surface area contributed by atoms with Crippen molar-refractivity contribution >= 4 is 22.8 Å². The highest BCUT2D eigenvalue weighted by Gasteiger charge is 2.18. The Kier molecular flexibility index (Phi) is 4.66. The van der Waals surface area contributed by atoms with Gasteiger partial charge in [0.1, 0.15) is 10.4 Å². The zero-order chi connectivity index (χ0) is 19.0. The Hall–Kier alpha value is -2.92. The first-order valence-corrected chi connectivity index (χ1v) is 8.88. The third kappa shape index (κ3) is 3.02. The molecule has 132 valence electrons. The molecule has 0 bridgehead atoms. The molecule has 0 aliphatic heterocycles. The molecule has 2 aromatic heterocycles. The van der Waals surface area contributed by atoms with E-state index in [0.29, 0.717) is 10.9 Å². The number of aryl methyl sites for hydroxylation is 3. The average Bonchev–Trinajstić information content (AvgIpc) is 2.61. The van der Waals surface area contributed by atoms with Gasteiger partial charge in [-0.1, -0.05) is 29.0 Å². The maximum absolute atomic E-state index is 12.6. The maximum Gasteiger partial charge on any atom is 0.332 e. The lowest BCUT2D eigenvalue weighted by Gasteiger charge is -2.12. The maximum atomic E-state index is 12.6. The van der Waals surface area contributed by atoms with Crippen LogP contribution in [0.4, 0.5) is 0 Å². The summed E-state index contributed by atoms with van der Waals surface area (Å²) in [5, 5.41) is 9.59. The second kappa shape index (κ2) is 6.77. The van der Waals surface area contributed by atoms with Crippen molar-refractivity contribution < 1.29 is 0 Å². The molecule has 0 saturated carbocycles. The molecule has 0 atom stereocenters. The molecule has 3 aromatic rings. The van der Waals surface area contributed by atoms with Gasteiger partial charge >= 0.3 is 5.69 Å². The van der Waals surface area contributed by atoms with Crippen molar-refractivity contribution in [1.29, 1.82) is 5.26 Å². The molecular weight excluding hydrogens is 350 g/mol. The molecule has 0 saturated heterocycles. The number of rotatable bonds is 3. The van der Waals surface area contributed by atoms with E-state index in [2.05, 4.69) is 9.97 Å². The van der Waals surface area contributed by atoms with Crippen LogP contribution in [0.5, 0.6) is 0 Å². The van der Waals surface area contributed by atoms with Crippen molar-refractivity contribution in [2.75, 3.05) is 5.75 Å². The van der Waals surface area contributed by atoms with Gasteiger partial charge in [0.05, 0.1) is 11.8 Å². The van der Waals surface area contributed by atoms with Crippen LogP contribution < -0.4 is 11.2 Å². The van der Waals surface area contributed by atoms with Crippen LogP contribution in [0.2, 0.25) is 0 Å². The van der Waals surface area contributed by atoms with E-state index in [9.17, 15) is 9.59 Å². The summed E-state index contributed by atoms with van der Waals surface area (Å²) in [5.74, 6) is 0.567. The Morgan fingerprint density at radius 1 is 1.08 bits per heavy atom. The monoisotopic (exact) mass is 367 g/mol. The third-order valence-corrected chi connectivity index (χ3v) is 4.86. The van der Waals surface area contributed by atoms with Gasteiger partial charge in [-0.05, 0) is 26.0 Å². The van der Waals surface area contributed by atoms with Crippen LogP contribution >= 0.6 is 11.8 Å².